The molecule has 3 heteroatoms. The molecule has 0 aliphatic rings. The average molecular weight is 381 g/mol. The molecule has 0 heterocycles. The van der Waals surface area contributed by atoms with E-state index in [1.165, 1.54) is 17.3 Å². The molecule has 0 atom stereocenters. The minimum absolute atomic E-state index is 0. The van der Waals surface area contributed by atoms with Crippen molar-refractivity contribution in [1.82, 2.24) is 0 Å². The first kappa shape index (κ1) is 12.0. The third kappa shape index (κ3) is 4.52. The number of aryl methyl sites for hydroxylation is 1. The second-order valence-corrected chi connectivity index (χ2v) is 3.10. The van der Waals surface area contributed by atoms with Crippen LogP contribution in [0, 0.1) is 51.0 Å². The van der Waals surface area contributed by atoms with E-state index < -0.39 is 0 Å². The Balaban J connectivity index is 0.000001000. The Morgan fingerprint density at radius 3 is 2.27 bits per heavy atom. The number of rotatable bonds is 2. The number of hydrogen-bond acceptors (Lipinski definition) is 2. The van der Waals surface area contributed by atoms with E-state index in [9.17, 15) is 0 Å². The Morgan fingerprint density at radius 1 is 1.27 bits per heavy atom. The Bertz CT molecular complexity index is 198. The predicted molar refractivity (Wildman–Crippen MR) is 44.1 cm³/mol. The van der Waals surface area contributed by atoms with E-state index in [1.807, 2.05) is 31.2 Å². The van der Waals surface area contributed by atoms with Crippen molar-refractivity contribution in [2.75, 3.05) is 5.94 Å². The summed E-state index contributed by atoms with van der Waals surface area (Å²) in [6.45, 7) is 2.05. The Hall–Kier alpha value is 0.972. The monoisotopic (exact) mass is 381 g/mol. The number of aliphatic hydroxyl groups is 1. The van der Waals surface area contributed by atoms with Crippen LogP contribution in [0.3, 0.4) is 0 Å². The summed E-state index contributed by atoms with van der Waals surface area (Å²) in [5.41, 5.74) is 1.25. The molecule has 1 radical (unpaired) electrons. The van der Waals surface area contributed by atoms with Crippen molar-refractivity contribution in [3.63, 3.8) is 0 Å². The van der Waals surface area contributed by atoms with Crippen molar-refractivity contribution < 1.29 is 49.2 Å². The summed E-state index contributed by atoms with van der Waals surface area (Å²) >= 11 is 1.44. The van der Waals surface area contributed by atoms with Gasteiger partial charge in [0.25, 0.3) is 0 Å². The molecule has 1 nitrogen and oxygen atoms in total. The van der Waals surface area contributed by atoms with Gasteiger partial charge >= 0.3 is 0 Å². The number of hydrogen-bond donors (Lipinski definition) is 1. The molecule has 1 N–H and O–H groups in total. The maximum atomic E-state index is 8.55. The van der Waals surface area contributed by atoms with Crippen LogP contribution in [-0.2, 0) is 0 Å². The van der Waals surface area contributed by atoms with Gasteiger partial charge in [0.2, 0.25) is 0 Å². The quantitative estimate of drug-likeness (QED) is 0.625. The fourth-order valence-electron chi connectivity index (χ4n) is 0.709. The smallest absolute Gasteiger partial charge is 0.0932 e. The van der Waals surface area contributed by atoms with Crippen LogP contribution in [0.25, 0.3) is 0 Å². The Kier molecular flexibility index (Phi) is 7.06. The van der Waals surface area contributed by atoms with Crippen LogP contribution in [0.2, 0.25) is 0 Å². The maximum absolute atomic E-state index is 8.55. The third-order valence-electron chi connectivity index (χ3n) is 1.25. The van der Waals surface area contributed by atoms with Crippen molar-refractivity contribution in [3.05, 3.63) is 29.8 Å². The molecule has 1 aromatic carbocycles. The van der Waals surface area contributed by atoms with Gasteiger partial charge in [0, 0.05) is 49.0 Å². The maximum Gasteiger partial charge on any atom is 0.0932 e. The molecule has 0 amide bonds. The van der Waals surface area contributed by atoms with E-state index in [0.717, 1.165) is 4.90 Å². The van der Waals surface area contributed by atoms with Gasteiger partial charge in [-0.3, -0.25) is 0 Å². The molecule has 0 fully saturated rings. The first-order valence-corrected chi connectivity index (χ1v) is 4.12. The van der Waals surface area contributed by atoms with Crippen LogP contribution in [0.1, 0.15) is 5.56 Å². The molecule has 0 unspecified atom stereocenters. The minimum Gasteiger partial charge on any atom is -0.385 e. The molecule has 1 aromatic rings. The average Bonchev–Trinajstić information content (AvgIpc) is 1.95. The zero-order chi connectivity index (χ0) is 7.40. The zero-order valence-electron chi connectivity index (χ0n) is 6.45. The van der Waals surface area contributed by atoms with Crippen LogP contribution >= 0.6 is 11.8 Å². The second-order valence-electron chi connectivity index (χ2n) is 2.09. The van der Waals surface area contributed by atoms with Gasteiger partial charge in [-0.15, -0.1) is 0 Å². The van der Waals surface area contributed by atoms with Crippen LogP contribution < -0.4 is 0 Å². The third-order valence-corrected chi connectivity index (χ3v) is 1.99. The molecule has 0 spiro atoms. The SMILES string of the molecule is Cc1ccc(SCO)cc1.[Ac]. The van der Waals surface area contributed by atoms with E-state index in [0.29, 0.717) is 0 Å². The molecule has 0 bridgehead atoms. The number of aliphatic hydroxyl groups excluding tert-OH is 1. The van der Waals surface area contributed by atoms with E-state index in [2.05, 4.69) is 0 Å². The van der Waals surface area contributed by atoms with Crippen molar-refractivity contribution >= 4 is 11.8 Å². The Morgan fingerprint density at radius 2 is 1.82 bits per heavy atom. The van der Waals surface area contributed by atoms with E-state index in [1.54, 1.807) is 0 Å². The summed E-state index contributed by atoms with van der Waals surface area (Å²) < 4.78 is 0. The summed E-state index contributed by atoms with van der Waals surface area (Å²) in [4.78, 5) is 1.12. The van der Waals surface area contributed by atoms with Crippen molar-refractivity contribution in [2.24, 2.45) is 0 Å². The van der Waals surface area contributed by atoms with Crippen LogP contribution in [-0.4, -0.2) is 11.0 Å². The standard InChI is InChI=1S/C8H10OS.Ac/c1-7-2-4-8(5-3-7)10-6-9;/h2-5,9H,6H2,1H3;. The van der Waals surface area contributed by atoms with E-state index in [-0.39, 0.29) is 50.0 Å². The van der Waals surface area contributed by atoms with Crippen LogP contribution in [0.5, 0.6) is 0 Å². The molecular weight excluding hydrogens is 371 g/mol. The van der Waals surface area contributed by atoms with Crippen LogP contribution in [0.4, 0.5) is 0 Å². The summed E-state index contributed by atoms with van der Waals surface area (Å²) in [5.74, 6) is 0.156. The zero-order valence-corrected chi connectivity index (χ0v) is 12.0. The normalized spacial score (nSPS) is 8.91. The van der Waals surface area contributed by atoms with Gasteiger partial charge in [-0.1, -0.05) is 29.5 Å². The first-order valence-electron chi connectivity index (χ1n) is 3.13. The van der Waals surface area contributed by atoms with Gasteiger partial charge in [0.1, 0.15) is 0 Å². The molecule has 0 aliphatic heterocycles. The molecule has 0 aliphatic carbocycles. The van der Waals surface area contributed by atoms with Gasteiger partial charge in [-0.25, -0.2) is 0 Å². The van der Waals surface area contributed by atoms with Crippen molar-refractivity contribution in [1.29, 1.82) is 0 Å². The number of thioether (sulfide) groups is 1. The van der Waals surface area contributed by atoms with Gasteiger partial charge < -0.3 is 5.11 Å². The van der Waals surface area contributed by atoms with Crippen molar-refractivity contribution in [3.8, 4) is 0 Å². The Labute approximate surface area is 107 Å². The molecular formula is C8H10AcOS. The largest absolute Gasteiger partial charge is 0.385 e. The predicted octanol–water partition coefficient (Wildman–Crippen LogP) is 2.04. The fourth-order valence-corrected chi connectivity index (χ4v) is 1.19. The molecule has 57 valence electrons. The number of benzene rings is 1. The van der Waals surface area contributed by atoms with Gasteiger partial charge in [-0.2, -0.15) is 0 Å². The summed E-state index contributed by atoms with van der Waals surface area (Å²) in [6, 6.07) is 8.10. The molecule has 0 aromatic heterocycles. The molecule has 11 heavy (non-hydrogen) atoms. The molecule has 0 saturated carbocycles. The topological polar surface area (TPSA) is 20.2 Å². The van der Waals surface area contributed by atoms with Crippen LogP contribution in [0.15, 0.2) is 29.2 Å². The van der Waals surface area contributed by atoms with Gasteiger partial charge in [0.05, 0.1) is 5.94 Å². The first-order chi connectivity index (χ1) is 4.83. The summed E-state index contributed by atoms with van der Waals surface area (Å²) in [7, 11) is 0. The minimum atomic E-state index is 0. The summed E-state index contributed by atoms with van der Waals surface area (Å²) in [6.07, 6.45) is 0. The van der Waals surface area contributed by atoms with E-state index in [4.69, 9.17) is 5.11 Å². The molecule has 1 rings (SSSR count). The van der Waals surface area contributed by atoms with Gasteiger partial charge in [0.15, 0.2) is 0 Å². The van der Waals surface area contributed by atoms with E-state index >= 15 is 0 Å². The second kappa shape index (κ2) is 6.48. The van der Waals surface area contributed by atoms with Gasteiger partial charge in [-0.05, 0) is 19.1 Å². The summed E-state index contributed by atoms with van der Waals surface area (Å²) in [5, 5.41) is 8.55. The molecule has 0 saturated heterocycles. The van der Waals surface area contributed by atoms with Crippen molar-refractivity contribution in [2.45, 2.75) is 11.8 Å². The fraction of sp³-hybridized carbons (Fsp3) is 0.250.